The number of nitrogens with one attached hydrogen (secondary N) is 1. The van der Waals surface area contributed by atoms with Gasteiger partial charge in [-0.15, -0.1) is 0 Å². The molecular weight excluding hydrogens is 230 g/mol. The normalized spacial score (nSPS) is 11.2. The monoisotopic (exact) mass is 241 g/mol. The highest BCUT2D eigenvalue weighted by molar-refractivity contribution is 7.80. The summed E-state index contributed by atoms with van der Waals surface area (Å²) in [6, 6.07) is 2.65. The minimum absolute atomic E-state index is 0.0122. The largest absolute Gasteiger partial charge is 0.504 e. The van der Waals surface area contributed by atoms with Crippen molar-refractivity contribution in [3.8, 4) is 17.2 Å². The highest BCUT2D eigenvalue weighted by Gasteiger charge is 2.12. The number of thiocarbonyl (C=S) groups is 1. The molecule has 16 heavy (non-hydrogen) atoms. The smallest absolute Gasteiger partial charge is 0.200 e. The summed E-state index contributed by atoms with van der Waals surface area (Å²) < 4.78 is 0. The summed E-state index contributed by atoms with van der Waals surface area (Å²) in [7, 11) is 0. The summed E-state index contributed by atoms with van der Waals surface area (Å²) in [5.41, 5.74) is 8.14. The van der Waals surface area contributed by atoms with Gasteiger partial charge in [-0.3, -0.25) is 5.43 Å². The first-order valence-electron chi connectivity index (χ1n) is 4.27. The third-order valence-corrected chi connectivity index (χ3v) is 1.94. The Kier molecular flexibility index (Phi) is 3.51. The molecule has 0 atom stereocenters. The Morgan fingerprint density at radius 1 is 1.31 bits per heavy atom. The van der Waals surface area contributed by atoms with Crippen molar-refractivity contribution in [1.82, 2.24) is 5.43 Å². The van der Waals surface area contributed by atoms with Crippen LogP contribution >= 0.6 is 12.2 Å². The molecule has 1 rings (SSSR count). The number of hydrazone groups is 1. The molecule has 0 aliphatic rings. The lowest BCUT2D eigenvalue weighted by Crippen LogP contribution is -2.25. The van der Waals surface area contributed by atoms with Crippen molar-refractivity contribution in [2.45, 2.75) is 6.92 Å². The van der Waals surface area contributed by atoms with Crippen molar-refractivity contribution in [2.24, 2.45) is 10.8 Å². The number of nitrogens with two attached hydrogens (primary N) is 1. The number of nitrogens with zero attached hydrogens (tertiary/aromatic N) is 1. The first-order valence-corrected chi connectivity index (χ1v) is 4.68. The second kappa shape index (κ2) is 4.67. The van der Waals surface area contributed by atoms with E-state index in [9.17, 15) is 10.2 Å². The minimum Gasteiger partial charge on any atom is -0.504 e. The molecular formula is C9H11N3O3S. The number of benzene rings is 1. The van der Waals surface area contributed by atoms with E-state index >= 15 is 0 Å². The van der Waals surface area contributed by atoms with Crippen molar-refractivity contribution in [3.05, 3.63) is 17.7 Å². The second-order valence-corrected chi connectivity index (χ2v) is 3.44. The van der Waals surface area contributed by atoms with Crippen molar-refractivity contribution in [2.75, 3.05) is 0 Å². The third-order valence-electron chi connectivity index (χ3n) is 1.85. The lowest BCUT2D eigenvalue weighted by Gasteiger charge is -2.07. The Morgan fingerprint density at radius 3 is 2.50 bits per heavy atom. The Hall–Kier alpha value is -2.02. The van der Waals surface area contributed by atoms with Gasteiger partial charge in [0.15, 0.2) is 16.6 Å². The Morgan fingerprint density at radius 2 is 1.94 bits per heavy atom. The van der Waals surface area contributed by atoms with Gasteiger partial charge in [-0.25, -0.2) is 0 Å². The number of hydrogen-bond acceptors (Lipinski definition) is 5. The quantitative estimate of drug-likeness (QED) is 0.221. The van der Waals surface area contributed by atoms with Gasteiger partial charge in [-0.2, -0.15) is 5.10 Å². The highest BCUT2D eigenvalue weighted by Crippen LogP contribution is 2.37. The van der Waals surface area contributed by atoms with Gasteiger partial charge in [0.2, 0.25) is 5.75 Å². The molecule has 6 N–H and O–H groups in total. The zero-order valence-corrected chi connectivity index (χ0v) is 9.25. The van der Waals surface area contributed by atoms with Gasteiger partial charge in [-0.05, 0) is 31.3 Å². The maximum atomic E-state index is 9.53. The molecule has 0 aliphatic carbocycles. The van der Waals surface area contributed by atoms with Crippen LogP contribution in [0.2, 0.25) is 0 Å². The van der Waals surface area contributed by atoms with E-state index in [1.54, 1.807) is 6.92 Å². The third kappa shape index (κ3) is 2.51. The molecule has 86 valence electrons. The van der Waals surface area contributed by atoms with E-state index < -0.39 is 17.2 Å². The molecule has 0 amide bonds. The van der Waals surface area contributed by atoms with Crippen LogP contribution in [0, 0.1) is 0 Å². The fraction of sp³-hybridized carbons (Fsp3) is 0.111. The van der Waals surface area contributed by atoms with Gasteiger partial charge in [-0.1, -0.05) is 0 Å². The summed E-state index contributed by atoms with van der Waals surface area (Å²) in [6.07, 6.45) is 0. The maximum Gasteiger partial charge on any atom is 0.200 e. The molecule has 6 nitrogen and oxygen atoms in total. The van der Waals surface area contributed by atoms with E-state index in [0.717, 1.165) is 0 Å². The standard InChI is InChI=1S/C9H11N3O3S/c1-4(11-12-9(10)16)5-2-3-6(13)8(15)7(5)14/h2-3,13-15H,1H3,(H3,10,12,16)/b11-4-. The predicted molar refractivity (Wildman–Crippen MR) is 63.6 cm³/mol. The van der Waals surface area contributed by atoms with E-state index in [4.69, 9.17) is 10.8 Å². The summed E-state index contributed by atoms with van der Waals surface area (Å²) in [6.45, 7) is 1.58. The van der Waals surface area contributed by atoms with Crippen molar-refractivity contribution in [3.63, 3.8) is 0 Å². The van der Waals surface area contributed by atoms with Crippen LogP contribution in [-0.2, 0) is 0 Å². The van der Waals surface area contributed by atoms with Crippen molar-refractivity contribution < 1.29 is 15.3 Å². The van der Waals surface area contributed by atoms with Gasteiger partial charge in [0.05, 0.1) is 5.71 Å². The van der Waals surface area contributed by atoms with Crippen LogP contribution in [0.1, 0.15) is 12.5 Å². The Labute approximate surface area is 97.0 Å². The van der Waals surface area contributed by atoms with Gasteiger partial charge < -0.3 is 21.1 Å². The predicted octanol–water partition coefficient (Wildman–Crippen LogP) is 0.361. The maximum absolute atomic E-state index is 9.53. The molecule has 0 radical (unpaired) electrons. The number of aromatic hydroxyl groups is 3. The van der Waals surface area contributed by atoms with Crippen molar-refractivity contribution in [1.29, 1.82) is 0 Å². The van der Waals surface area contributed by atoms with E-state index in [-0.39, 0.29) is 10.7 Å². The van der Waals surface area contributed by atoms with Gasteiger partial charge in [0, 0.05) is 5.56 Å². The molecule has 0 saturated heterocycles. The summed E-state index contributed by atoms with van der Waals surface area (Å²) in [5.74, 6) is -1.45. The molecule has 0 bridgehead atoms. The first-order chi connectivity index (χ1) is 7.43. The number of hydrogen-bond donors (Lipinski definition) is 5. The average molecular weight is 241 g/mol. The first kappa shape index (κ1) is 12.1. The molecule has 7 heteroatoms. The van der Waals surface area contributed by atoms with E-state index in [1.807, 2.05) is 0 Å². The zero-order chi connectivity index (χ0) is 12.3. The van der Waals surface area contributed by atoms with Crippen molar-refractivity contribution >= 4 is 23.0 Å². The molecule has 0 spiro atoms. The van der Waals surface area contributed by atoms with Crippen LogP contribution in [0.15, 0.2) is 17.2 Å². The Bertz CT molecular complexity index is 460. The van der Waals surface area contributed by atoms with Crippen LogP contribution in [0.25, 0.3) is 0 Å². The molecule has 0 aliphatic heterocycles. The van der Waals surface area contributed by atoms with Crippen LogP contribution in [-0.4, -0.2) is 26.1 Å². The number of rotatable bonds is 2. The van der Waals surface area contributed by atoms with Gasteiger partial charge in [0.25, 0.3) is 0 Å². The van der Waals surface area contributed by atoms with E-state index in [1.165, 1.54) is 12.1 Å². The minimum atomic E-state index is -0.595. The molecule has 1 aromatic carbocycles. The fourth-order valence-corrected chi connectivity index (χ4v) is 1.11. The molecule has 1 aromatic rings. The fourth-order valence-electron chi connectivity index (χ4n) is 1.06. The van der Waals surface area contributed by atoms with Crippen LogP contribution in [0.4, 0.5) is 0 Å². The molecule has 0 fully saturated rings. The number of phenols is 3. The topological polar surface area (TPSA) is 111 Å². The average Bonchev–Trinajstić information content (AvgIpc) is 2.23. The van der Waals surface area contributed by atoms with Crippen LogP contribution < -0.4 is 11.2 Å². The molecule has 0 saturated carbocycles. The van der Waals surface area contributed by atoms with Crippen LogP contribution in [0.3, 0.4) is 0 Å². The zero-order valence-electron chi connectivity index (χ0n) is 8.43. The van der Waals surface area contributed by atoms with Crippen LogP contribution in [0.5, 0.6) is 17.2 Å². The summed E-state index contributed by atoms with van der Waals surface area (Å²) in [5, 5.41) is 31.7. The number of phenolic OH excluding ortho intramolecular Hbond substituents is 3. The second-order valence-electron chi connectivity index (χ2n) is 3.00. The Balaban J connectivity index is 3.10. The molecule has 0 heterocycles. The summed E-state index contributed by atoms with van der Waals surface area (Å²) >= 11 is 4.55. The summed E-state index contributed by atoms with van der Waals surface area (Å²) in [4.78, 5) is 0. The highest BCUT2D eigenvalue weighted by atomic mass is 32.1. The van der Waals surface area contributed by atoms with E-state index in [2.05, 4.69) is 22.7 Å². The lowest BCUT2D eigenvalue weighted by atomic mass is 10.1. The lowest BCUT2D eigenvalue weighted by molar-refractivity contribution is 0.367. The van der Waals surface area contributed by atoms with Gasteiger partial charge in [0.1, 0.15) is 0 Å². The molecule has 0 unspecified atom stereocenters. The SMILES string of the molecule is C/C(=N/NC(N)=S)c1ccc(O)c(O)c1O. The molecule has 0 aromatic heterocycles. The van der Waals surface area contributed by atoms with E-state index in [0.29, 0.717) is 5.71 Å². The van der Waals surface area contributed by atoms with Gasteiger partial charge >= 0.3 is 0 Å².